The van der Waals surface area contributed by atoms with E-state index in [1.54, 1.807) is 12.1 Å². The lowest BCUT2D eigenvalue weighted by molar-refractivity contribution is 1.34. The van der Waals surface area contributed by atoms with Gasteiger partial charge in [0.2, 0.25) is 0 Å². The Morgan fingerprint density at radius 2 is 1.86 bits per heavy atom. The molecule has 0 unspecified atom stereocenters. The van der Waals surface area contributed by atoms with Crippen LogP contribution in [-0.2, 0) is 0 Å². The van der Waals surface area contributed by atoms with Gasteiger partial charge in [-0.2, -0.15) is 5.26 Å². The van der Waals surface area contributed by atoms with Crippen molar-refractivity contribution >= 4 is 38.3 Å². The van der Waals surface area contributed by atoms with E-state index in [0.717, 1.165) is 26.9 Å². The number of hydrogen-bond acceptors (Lipinski definition) is 3. The summed E-state index contributed by atoms with van der Waals surface area (Å²) >= 11 is 3.47. The Labute approximate surface area is 131 Å². The number of anilines is 2. The lowest BCUT2D eigenvalue weighted by Gasteiger charge is -2.09. The zero-order chi connectivity index (χ0) is 14.8. The second-order valence-corrected chi connectivity index (χ2v) is 5.72. The van der Waals surface area contributed by atoms with Crippen LogP contribution in [0.2, 0.25) is 0 Å². The molecule has 0 saturated carbocycles. The normalized spacial score (nSPS) is 10.3. The molecule has 102 valence electrons. The van der Waals surface area contributed by atoms with Crippen LogP contribution in [-0.4, -0.2) is 4.98 Å². The van der Waals surface area contributed by atoms with Crippen LogP contribution in [0.15, 0.2) is 53.0 Å². The molecule has 0 bridgehead atoms. The number of nitrogens with one attached hydrogen (secondary N) is 1. The molecule has 0 atom stereocenters. The monoisotopic (exact) mass is 337 g/mol. The predicted molar refractivity (Wildman–Crippen MR) is 88.6 cm³/mol. The summed E-state index contributed by atoms with van der Waals surface area (Å²) in [6.07, 6.45) is 0. The summed E-state index contributed by atoms with van der Waals surface area (Å²) in [5.74, 6) is 0.794. The van der Waals surface area contributed by atoms with E-state index in [0.29, 0.717) is 5.56 Å². The van der Waals surface area contributed by atoms with Crippen LogP contribution in [0.3, 0.4) is 0 Å². The van der Waals surface area contributed by atoms with Crippen molar-refractivity contribution in [2.45, 2.75) is 6.92 Å². The minimum Gasteiger partial charge on any atom is -0.340 e. The van der Waals surface area contributed by atoms with Gasteiger partial charge < -0.3 is 5.32 Å². The molecule has 0 fully saturated rings. The van der Waals surface area contributed by atoms with Gasteiger partial charge in [0.1, 0.15) is 5.82 Å². The molecule has 3 rings (SSSR count). The molecule has 1 N–H and O–H groups in total. The molecule has 0 aliphatic rings. The van der Waals surface area contributed by atoms with E-state index in [2.05, 4.69) is 45.3 Å². The standard InChI is InChI=1S/C17H12BrN3/c1-11-8-17(20-14-5-2-12(10-19)3-6-14)21-16-9-13(18)4-7-15(11)16/h2-9H,1H3,(H,20,21). The van der Waals surface area contributed by atoms with E-state index in [9.17, 15) is 0 Å². The molecular formula is C17H12BrN3. The van der Waals surface area contributed by atoms with Gasteiger partial charge in [-0.1, -0.05) is 22.0 Å². The molecule has 0 aliphatic heterocycles. The Kier molecular flexibility index (Phi) is 3.59. The summed E-state index contributed by atoms with van der Waals surface area (Å²) < 4.78 is 1.01. The maximum absolute atomic E-state index is 8.81. The molecule has 1 aromatic heterocycles. The fourth-order valence-corrected chi connectivity index (χ4v) is 2.56. The first kappa shape index (κ1) is 13.6. The number of nitriles is 1. The summed E-state index contributed by atoms with van der Waals surface area (Å²) in [5.41, 5.74) is 3.67. The van der Waals surface area contributed by atoms with Crippen molar-refractivity contribution in [1.82, 2.24) is 4.98 Å². The summed E-state index contributed by atoms with van der Waals surface area (Å²) in [6.45, 7) is 2.07. The topological polar surface area (TPSA) is 48.7 Å². The van der Waals surface area contributed by atoms with Crippen molar-refractivity contribution in [1.29, 1.82) is 5.26 Å². The number of benzene rings is 2. The minimum atomic E-state index is 0.645. The maximum atomic E-state index is 8.81. The van der Waals surface area contributed by atoms with Crippen LogP contribution in [0, 0.1) is 18.3 Å². The molecule has 0 radical (unpaired) electrons. The number of halogens is 1. The second kappa shape index (κ2) is 5.55. The molecule has 4 heteroatoms. The molecular weight excluding hydrogens is 326 g/mol. The largest absolute Gasteiger partial charge is 0.340 e. The molecule has 21 heavy (non-hydrogen) atoms. The highest BCUT2D eigenvalue weighted by atomic mass is 79.9. The first-order valence-corrected chi connectivity index (χ1v) is 7.29. The van der Waals surface area contributed by atoms with E-state index in [-0.39, 0.29) is 0 Å². The van der Waals surface area contributed by atoms with Gasteiger partial charge in [0, 0.05) is 15.5 Å². The Bertz CT molecular complexity index is 848. The lowest BCUT2D eigenvalue weighted by atomic mass is 10.1. The first-order chi connectivity index (χ1) is 10.2. The summed E-state index contributed by atoms with van der Waals surface area (Å²) in [5, 5.41) is 13.2. The molecule has 0 saturated heterocycles. The number of nitrogens with zero attached hydrogens (tertiary/aromatic N) is 2. The molecule has 0 aliphatic carbocycles. The molecule has 3 nitrogen and oxygen atoms in total. The van der Waals surface area contributed by atoms with Crippen LogP contribution in [0.25, 0.3) is 10.9 Å². The SMILES string of the molecule is Cc1cc(Nc2ccc(C#N)cc2)nc2cc(Br)ccc12. The van der Waals surface area contributed by atoms with E-state index in [1.807, 2.05) is 30.3 Å². The van der Waals surface area contributed by atoms with Crippen molar-refractivity contribution < 1.29 is 0 Å². The lowest BCUT2D eigenvalue weighted by Crippen LogP contribution is -1.95. The molecule has 3 aromatic rings. The fraction of sp³-hybridized carbons (Fsp3) is 0.0588. The van der Waals surface area contributed by atoms with Gasteiger partial charge >= 0.3 is 0 Å². The summed E-state index contributed by atoms with van der Waals surface area (Å²) in [7, 11) is 0. The smallest absolute Gasteiger partial charge is 0.131 e. The van der Waals surface area contributed by atoms with Gasteiger partial charge in [-0.3, -0.25) is 0 Å². The van der Waals surface area contributed by atoms with Crippen LogP contribution < -0.4 is 5.32 Å². The van der Waals surface area contributed by atoms with Crippen molar-refractivity contribution in [3.63, 3.8) is 0 Å². The Hall–Kier alpha value is -2.38. The van der Waals surface area contributed by atoms with Crippen LogP contribution in [0.1, 0.15) is 11.1 Å². The van der Waals surface area contributed by atoms with E-state index < -0.39 is 0 Å². The molecule has 0 spiro atoms. The van der Waals surface area contributed by atoms with Gasteiger partial charge in [-0.25, -0.2) is 4.98 Å². The van der Waals surface area contributed by atoms with Crippen LogP contribution in [0.5, 0.6) is 0 Å². The number of fused-ring (bicyclic) bond motifs is 1. The van der Waals surface area contributed by atoms with Gasteiger partial charge in [-0.05, 0) is 55.0 Å². The molecule has 1 heterocycles. The van der Waals surface area contributed by atoms with Crippen molar-refractivity contribution in [3.8, 4) is 6.07 Å². The van der Waals surface area contributed by atoms with Gasteiger partial charge in [0.25, 0.3) is 0 Å². The average Bonchev–Trinajstić information content (AvgIpc) is 2.47. The summed E-state index contributed by atoms with van der Waals surface area (Å²) in [6, 6.07) is 17.5. The van der Waals surface area contributed by atoms with E-state index >= 15 is 0 Å². The van der Waals surface area contributed by atoms with Crippen LogP contribution in [0.4, 0.5) is 11.5 Å². The van der Waals surface area contributed by atoms with Crippen molar-refractivity contribution in [2.75, 3.05) is 5.32 Å². The van der Waals surface area contributed by atoms with Crippen molar-refractivity contribution in [3.05, 3.63) is 64.1 Å². The van der Waals surface area contributed by atoms with E-state index in [1.165, 1.54) is 5.56 Å². The maximum Gasteiger partial charge on any atom is 0.131 e. The number of aromatic nitrogens is 1. The Morgan fingerprint density at radius 3 is 2.57 bits per heavy atom. The zero-order valence-electron chi connectivity index (χ0n) is 11.4. The first-order valence-electron chi connectivity index (χ1n) is 6.50. The summed E-state index contributed by atoms with van der Waals surface area (Å²) in [4.78, 5) is 4.63. The average molecular weight is 338 g/mol. The highest BCUT2D eigenvalue weighted by molar-refractivity contribution is 9.10. The fourth-order valence-electron chi connectivity index (χ4n) is 2.22. The predicted octanol–water partition coefficient (Wildman–Crippen LogP) is 4.92. The minimum absolute atomic E-state index is 0.645. The third kappa shape index (κ3) is 2.88. The zero-order valence-corrected chi connectivity index (χ0v) is 13.0. The molecule has 2 aromatic carbocycles. The molecule has 0 amide bonds. The Balaban J connectivity index is 1.98. The Morgan fingerprint density at radius 1 is 1.10 bits per heavy atom. The van der Waals surface area contributed by atoms with Gasteiger partial charge in [0.05, 0.1) is 17.1 Å². The number of rotatable bonds is 2. The third-order valence-corrected chi connectivity index (χ3v) is 3.76. The third-order valence-electron chi connectivity index (χ3n) is 3.27. The van der Waals surface area contributed by atoms with Gasteiger partial charge in [0.15, 0.2) is 0 Å². The van der Waals surface area contributed by atoms with Crippen LogP contribution >= 0.6 is 15.9 Å². The quantitative estimate of drug-likeness (QED) is 0.721. The second-order valence-electron chi connectivity index (χ2n) is 4.80. The highest BCUT2D eigenvalue weighted by Crippen LogP contribution is 2.25. The number of hydrogen-bond donors (Lipinski definition) is 1. The number of pyridine rings is 1. The highest BCUT2D eigenvalue weighted by Gasteiger charge is 2.04. The van der Waals surface area contributed by atoms with Gasteiger partial charge in [-0.15, -0.1) is 0 Å². The number of aryl methyl sites for hydroxylation is 1. The van der Waals surface area contributed by atoms with E-state index in [4.69, 9.17) is 5.26 Å². The van der Waals surface area contributed by atoms with Crippen molar-refractivity contribution in [2.24, 2.45) is 0 Å².